The molecule has 0 saturated carbocycles. The highest BCUT2D eigenvalue weighted by Crippen LogP contribution is 2.54. The third kappa shape index (κ3) is 3.47. The van der Waals surface area contributed by atoms with E-state index >= 15 is 0 Å². The quantitative estimate of drug-likeness (QED) is 0.704. The van der Waals surface area contributed by atoms with Gasteiger partial charge in [-0.3, -0.25) is 0 Å². The number of aryl methyl sites for hydroxylation is 1. The molecule has 116 valence electrons. The molecule has 22 heavy (non-hydrogen) atoms. The van der Waals surface area contributed by atoms with Crippen LogP contribution in [0, 0.1) is 6.92 Å². The first kappa shape index (κ1) is 15.8. The van der Waals surface area contributed by atoms with Gasteiger partial charge in [0.25, 0.3) is 0 Å². The minimum absolute atomic E-state index is 0.259. The molecule has 3 heteroatoms. The maximum Gasteiger partial charge on any atom is 0.119 e. The largest absolute Gasteiger partial charge is 0.489 e. The van der Waals surface area contributed by atoms with E-state index in [1.807, 2.05) is 0 Å². The molecule has 0 N–H and O–H groups in total. The summed E-state index contributed by atoms with van der Waals surface area (Å²) in [7, 11) is 0. The third-order valence-electron chi connectivity index (χ3n) is 4.04. The van der Waals surface area contributed by atoms with E-state index in [9.17, 15) is 0 Å². The Morgan fingerprint density at radius 2 is 1.59 bits per heavy atom. The molecule has 0 spiro atoms. The summed E-state index contributed by atoms with van der Waals surface area (Å²) >= 11 is 4.16. The summed E-state index contributed by atoms with van der Waals surface area (Å²) in [4.78, 5) is 0. The van der Waals surface area contributed by atoms with Crippen LogP contribution in [0.4, 0.5) is 0 Å². The second-order valence-corrected chi connectivity index (χ2v) is 8.65. The van der Waals surface area contributed by atoms with Gasteiger partial charge in [-0.25, -0.2) is 0 Å². The van der Waals surface area contributed by atoms with Gasteiger partial charge in [-0.1, -0.05) is 48.9 Å². The van der Waals surface area contributed by atoms with Crippen LogP contribution in [0.3, 0.4) is 0 Å². The predicted octanol–water partition coefficient (Wildman–Crippen LogP) is 5.62. The molecule has 1 fully saturated rings. The van der Waals surface area contributed by atoms with E-state index in [1.165, 1.54) is 34.6 Å². The summed E-state index contributed by atoms with van der Waals surface area (Å²) in [6.45, 7) is 5.02. The average molecular weight is 331 g/mol. The lowest BCUT2D eigenvalue weighted by atomic mass is 10.1. The van der Waals surface area contributed by atoms with Crippen LogP contribution in [0.25, 0.3) is 0 Å². The standard InChI is InChI=1S/C19H22OS2/c1-3-19(21-12-13-22-19)17-8-10-18(11-9-17)20-14-16-6-4-15(2)5-7-16/h4-11H,3,12-14H2,1-2H3. The van der Waals surface area contributed by atoms with Crippen molar-refractivity contribution in [2.45, 2.75) is 31.0 Å². The lowest BCUT2D eigenvalue weighted by Gasteiger charge is -2.26. The topological polar surface area (TPSA) is 9.23 Å². The van der Waals surface area contributed by atoms with Gasteiger partial charge in [0.1, 0.15) is 12.4 Å². The first-order valence-corrected chi connectivity index (χ1v) is 9.76. The van der Waals surface area contributed by atoms with Crippen molar-refractivity contribution in [3.05, 3.63) is 65.2 Å². The summed E-state index contributed by atoms with van der Waals surface area (Å²) in [5.74, 6) is 3.46. The van der Waals surface area contributed by atoms with Crippen LogP contribution in [0.2, 0.25) is 0 Å². The maximum atomic E-state index is 5.90. The van der Waals surface area contributed by atoms with Gasteiger partial charge in [0.05, 0.1) is 4.08 Å². The molecule has 1 saturated heterocycles. The van der Waals surface area contributed by atoms with E-state index < -0.39 is 0 Å². The summed E-state index contributed by atoms with van der Waals surface area (Å²) in [6, 6.07) is 17.2. The Kier molecular flexibility index (Phi) is 5.04. The molecule has 2 aromatic carbocycles. The van der Waals surface area contributed by atoms with Crippen molar-refractivity contribution in [1.82, 2.24) is 0 Å². The van der Waals surface area contributed by atoms with E-state index in [2.05, 4.69) is 85.9 Å². The Balaban J connectivity index is 1.65. The van der Waals surface area contributed by atoms with E-state index in [0.29, 0.717) is 6.61 Å². The zero-order chi connectivity index (χ0) is 15.4. The number of rotatable bonds is 5. The van der Waals surface area contributed by atoms with Crippen molar-refractivity contribution in [3.63, 3.8) is 0 Å². The fourth-order valence-corrected chi connectivity index (χ4v) is 5.86. The van der Waals surface area contributed by atoms with Crippen molar-refractivity contribution in [2.24, 2.45) is 0 Å². The highest BCUT2D eigenvalue weighted by atomic mass is 32.2. The number of thioether (sulfide) groups is 2. The van der Waals surface area contributed by atoms with Crippen LogP contribution in [0.5, 0.6) is 5.75 Å². The highest BCUT2D eigenvalue weighted by molar-refractivity contribution is 8.20. The Morgan fingerprint density at radius 3 is 2.18 bits per heavy atom. The number of hydrogen-bond donors (Lipinski definition) is 0. The zero-order valence-electron chi connectivity index (χ0n) is 13.2. The maximum absolute atomic E-state index is 5.90. The van der Waals surface area contributed by atoms with Gasteiger partial charge in [-0.05, 0) is 36.6 Å². The normalized spacial score (nSPS) is 16.6. The second-order valence-electron chi connectivity index (χ2n) is 5.60. The molecule has 1 heterocycles. The monoisotopic (exact) mass is 330 g/mol. The Labute approximate surface area is 141 Å². The number of benzene rings is 2. The van der Waals surface area contributed by atoms with Crippen molar-refractivity contribution in [2.75, 3.05) is 11.5 Å². The molecule has 2 aromatic rings. The fraction of sp³-hybridized carbons (Fsp3) is 0.368. The molecular formula is C19H22OS2. The molecule has 0 amide bonds. The molecule has 0 radical (unpaired) electrons. The van der Waals surface area contributed by atoms with Gasteiger partial charge in [0.2, 0.25) is 0 Å². The lowest BCUT2D eigenvalue weighted by molar-refractivity contribution is 0.306. The van der Waals surface area contributed by atoms with Crippen LogP contribution >= 0.6 is 23.5 Å². The van der Waals surface area contributed by atoms with Crippen molar-refractivity contribution in [1.29, 1.82) is 0 Å². The van der Waals surface area contributed by atoms with Gasteiger partial charge in [0.15, 0.2) is 0 Å². The third-order valence-corrected chi connectivity index (χ3v) is 7.80. The van der Waals surface area contributed by atoms with Crippen LogP contribution in [0.1, 0.15) is 30.0 Å². The van der Waals surface area contributed by atoms with E-state index in [-0.39, 0.29) is 4.08 Å². The summed E-state index contributed by atoms with van der Waals surface area (Å²) in [5, 5.41) is 0. The summed E-state index contributed by atoms with van der Waals surface area (Å²) in [6.07, 6.45) is 1.17. The van der Waals surface area contributed by atoms with Crippen molar-refractivity contribution < 1.29 is 4.74 Å². The summed E-state index contributed by atoms with van der Waals surface area (Å²) in [5.41, 5.74) is 3.91. The van der Waals surface area contributed by atoms with Crippen LogP contribution in [-0.2, 0) is 10.7 Å². The van der Waals surface area contributed by atoms with Crippen molar-refractivity contribution >= 4 is 23.5 Å². The molecule has 1 aliphatic rings. The van der Waals surface area contributed by atoms with Gasteiger partial charge >= 0.3 is 0 Å². The molecule has 3 rings (SSSR count). The SMILES string of the molecule is CCC1(c2ccc(OCc3ccc(C)cc3)cc2)SCCS1. The first-order chi connectivity index (χ1) is 10.7. The smallest absolute Gasteiger partial charge is 0.119 e. The highest BCUT2D eigenvalue weighted by Gasteiger charge is 2.35. The summed E-state index contributed by atoms with van der Waals surface area (Å²) < 4.78 is 6.16. The molecule has 0 atom stereocenters. The molecular weight excluding hydrogens is 308 g/mol. The van der Waals surface area contributed by atoms with Crippen molar-refractivity contribution in [3.8, 4) is 5.75 Å². The van der Waals surface area contributed by atoms with E-state index in [4.69, 9.17) is 4.74 Å². The average Bonchev–Trinajstić information content (AvgIpc) is 3.05. The minimum Gasteiger partial charge on any atom is -0.489 e. The molecule has 1 aliphatic heterocycles. The molecule has 0 aromatic heterocycles. The molecule has 0 aliphatic carbocycles. The zero-order valence-corrected chi connectivity index (χ0v) is 14.8. The van der Waals surface area contributed by atoms with Gasteiger partial charge in [-0.15, -0.1) is 23.5 Å². The second kappa shape index (κ2) is 7.01. The van der Waals surface area contributed by atoms with E-state index in [1.54, 1.807) is 0 Å². The molecule has 0 unspecified atom stereocenters. The Bertz CT molecular complexity index is 598. The van der Waals surface area contributed by atoms with Crippen LogP contribution in [0.15, 0.2) is 48.5 Å². The lowest BCUT2D eigenvalue weighted by Crippen LogP contribution is -2.12. The van der Waals surface area contributed by atoms with Gasteiger partial charge < -0.3 is 4.74 Å². The molecule has 0 bridgehead atoms. The first-order valence-electron chi connectivity index (χ1n) is 7.79. The minimum atomic E-state index is 0.259. The fourth-order valence-electron chi connectivity index (χ4n) is 2.69. The van der Waals surface area contributed by atoms with Gasteiger partial charge in [-0.2, -0.15) is 0 Å². The number of hydrogen-bond acceptors (Lipinski definition) is 3. The van der Waals surface area contributed by atoms with Crippen LogP contribution < -0.4 is 4.74 Å². The molecule has 1 nitrogen and oxygen atoms in total. The predicted molar refractivity (Wildman–Crippen MR) is 98.8 cm³/mol. The number of ether oxygens (including phenoxy) is 1. The van der Waals surface area contributed by atoms with E-state index in [0.717, 1.165) is 5.75 Å². The van der Waals surface area contributed by atoms with Gasteiger partial charge in [0, 0.05) is 11.5 Å². The van der Waals surface area contributed by atoms with Crippen LogP contribution in [-0.4, -0.2) is 11.5 Å². The Hall–Kier alpha value is -1.06. The Morgan fingerprint density at radius 1 is 0.955 bits per heavy atom.